The number of sulfonamides is 1. The number of fused-ring (bicyclic) bond motifs is 1. The number of hydrogen-bond donors (Lipinski definition) is 2. The summed E-state index contributed by atoms with van der Waals surface area (Å²) in [6.07, 6.45) is 0. The van der Waals surface area contributed by atoms with Gasteiger partial charge in [0, 0.05) is 10.9 Å². The first-order chi connectivity index (χ1) is 15.0. The summed E-state index contributed by atoms with van der Waals surface area (Å²) in [5.74, 6) is -2.51. The average molecular weight is 483 g/mol. The number of aromatic nitrogens is 2. The van der Waals surface area contributed by atoms with Gasteiger partial charge in [0.2, 0.25) is 15.9 Å². The van der Waals surface area contributed by atoms with Gasteiger partial charge in [-0.25, -0.2) is 27.8 Å². The Bertz CT molecular complexity index is 1360. The van der Waals surface area contributed by atoms with E-state index in [4.69, 9.17) is 16.0 Å². The van der Waals surface area contributed by atoms with Crippen LogP contribution in [0, 0.1) is 19.7 Å². The summed E-state index contributed by atoms with van der Waals surface area (Å²) in [6.45, 7) is 4.62. The Morgan fingerprint density at radius 3 is 2.66 bits per heavy atom. The van der Waals surface area contributed by atoms with Crippen LogP contribution in [0.15, 0.2) is 44.4 Å². The molecule has 0 fully saturated rings. The van der Waals surface area contributed by atoms with E-state index in [0.29, 0.717) is 10.6 Å². The predicted molar refractivity (Wildman–Crippen MR) is 114 cm³/mol. The third-order valence-electron chi connectivity index (χ3n) is 5.74. The molecule has 0 amide bonds. The van der Waals surface area contributed by atoms with E-state index in [9.17, 15) is 22.8 Å². The molecule has 2 atom stereocenters. The first-order valence-electron chi connectivity index (χ1n) is 9.61. The van der Waals surface area contributed by atoms with Gasteiger partial charge in [0.15, 0.2) is 0 Å². The molecule has 0 unspecified atom stereocenters. The van der Waals surface area contributed by atoms with Gasteiger partial charge in [-0.05, 0) is 54.8 Å². The zero-order chi connectivity index (χ0) is 23.4. The second-order valence-electron chi connectivity index (χ2n) is 7.63. The molecule has 170 valence electrons. The normalized spacial score (nSPS) is 17.8. The second-order valence-corrected chi connectivity index (χ2v) is 9.93. The third kappa shape index (κ3) is 3.60. The maximum Gasteiger partial charge on any atom is 0.434 e. The number of benzene rings is 2. The number of nitrogens with zero attached hydrogens (tertiary/aromatic N) is 3. The van der Waals surface area contributed by atoms with Crippen molar-refractivity contribution in [2.75, 3.05) is 11.7 Å². The van der Waals surface area contributed by atoms with Gasteiger partial charge in [0.05, 0.1) is 5.69 Å². The fourth-order valence-electron chi connectivity index (χ4n) is 4.03. The van der Waals surface area contributed by atoms with Crippen LogP contribution in [0.1, 0.15) is 41.5 Å². The fraction of sp³-hybridized carbons (Fsp3) is 0.300. The van der Waals surface area contributed by atoms with Crippen LogP contribution in [-0.2, 0) is 10.0 Å². The Labute approximate surface area is 188 Å². The van der Waals surface area contributed by atoms with E-state index in [0.717, 1.165) is 9.87 Å². The first-order valence-corrected chi connectivity index (χ1v) is 11.4. The van der Waals surface area contributed by atoms with E-state index in [1.54, 1.807) is 19.9 Å². The van der Waals surface area contributed by atoms with Crippen LogP contribution in [0.4, 0.5) is 10.1 Å². The second kappa shape index (κ2) is 8.00. The number of H-pyrrole nitrogens is 1. The van der Waals surface area contributed by atoms with Gasteiger partial charge in [0.25, 0.3) is 0 Å². The molecule has 1 aromatic heterocycles. The molecule has 0 spiro atoms. The highest BCUT2D eigenvalue weighted by Crippen LogP contribution is 2.44. The van der Waals surface area contributed by atoms with Crippen LogP contribution >= 0.6 is 11.6 Å². The lowest BCUT2D eigenvalue weighted by Crippen LogP contribution is -2.48. The Hall–Kier alpha value is -2.73. The molecule has 0 saturated heterocycles. The Balaban J connectivity index is 1.92. The van der Waals surface area contributed by atoms with Crippen molar-refractivity contribution in [3.05, 3.63) is 74.3 Å². The first kappa shape index (κ1) is 22.5. The van der Waals surface area contributed by atoms with Crippen molar-refractivity contribution < 1.29 is 22.4 Å². The largest absolute Gasteiger partial charge is 0.434 e. The van der Waals surface area contributed by atoms with Crippen LogP contribution in [0.3, 0.4) is 0 Å². The summed E-state index contributed by atoms with van der Waals surface area (Å²) in [5.41, 5.74) is 1.69. The highest BCUT2D eigenvalue weighted by molar-refractivity contribution is 7.89. The molecule has 0 bridgehead atoms. The van der Waals surface area contributed by atoms with Gasteiger partial charge in [0.1, 0.15) is 23.4 Å². The molecule has 9 nitrogen and oxygen atoms in total. The number of nitrogens with one attached hydrogen (secondary N) is 1. The number of hydroxylamine groups is 1. The van der Waals surface area contributed by atoms with Gasteiger partial charge in [-0.15, -0.1) is 5.10 Å². The fourth-order valence-corrected chi connectivity index (χ4v) is 5.95. The molecule has 4 rings (SSSR count). The summed E-state index contributed by atoms with van der Waals surface area (Å²) in [5, 5.41) is 17.5. The molecule has 3 aromatic rings. The van der Waals surface area contributed by atoms with Gasteiger partial charge >= 0.3 is 5.76 Å². The van der Waals surface area contributed by atoms with Gasteiger partial charge in [-0.1, -0.05) is 24.6 Å². The molecule has 32 heavy (non-hydrogen) atoms. The highest BCUT2D eigenvalue weighted by Gasteiger charge is 2.45. The van der Waals surface area contributed by atoms with Crippen molar-refractivity contribution in [1.29, 1.82) is 0 Å². The zero-order valence-electron chi connectivity index (χ0n) is 17.3. The van der Waals surface area contributed by atoms with Crippen LogP contribution in [0.5, 0.6) is 0 Å². The number of aromatic amines is 1. The van der Waals surface area contributed by atoms with Gasteiger partial charge in [-0.3, -0.25) is 5.21 Å². The smallest absolute Gasteiger partial charge is 0.391 e. The topological polar surface area (TPSA) is 120 Å². The lowest BCUT2D eigenvalue weighted by molar-refractivity contribution is 0.159. The standard InChI is InChI=1S/C20H20ClFN4O5S/c1-10-4-6-14(22)17(11(10)2)12(3)18(19-23-24-20(27)31-19)26-9-25(28)15-8-13(21)5-7-16(15)32(26,29)30/h4-8,12,18,28H,9H2,1-3H3,(H,24,27)/t12-,18+/m1/s1. The van der Waals surface area contributed by atoms with Crippen molar-refractivity contribution in [1.82, 2.24) is 14.5 Å². The maximum atomic E-state index is 14.9. The molecule has 2 heterocycles. The van der Waals surface area contributed by atoms with E-state index in [-0.39, 0.29) is 27.1 Å². The van der Waals surface area contributed by atoms with Gasteiger partial charge < -0.3 is 4.42 Å². The van der Waals surface area contributed by atoms with Crippen LogP contribution in [-0.4, -0.2) is 34.8 Å². The van der Waals surface area contributed by atoms with E-state index in [1.807, 2.05) is 6.92 Å². The lowest BCUT2D eigenvalue weighted by Gasteiger charge is -2.39. The summed E-state index contributed by atoms with van der Waals surface area (Å²) in [7, 11) is -4.22. The summed E-state index contributed by atoms with van der Waals surface area (Å²) < 4.78 is 48.1. The molecule has 0 radical (unpaired) electrons. The minimum absolute atomic E-state index is 0.00144. The van der Waals surface area contributed by atoms with Gasteiger partial charge in [-0.2, -0.15) is 4.31 Å². The summed E-state index contributed by atoms with van der Waals surface area (Å²) in [4.78, 5) is 11.5. The van der Waals surface area contributed by atoms with E-state index in [2.05, 4.69) is 10.2 Å². The number of rotatable bonds is 4. The highest BCUT2D eigenvalue weighted by atomic mass is 35.5. The van der Waals surface area contributed by atoms with Crippen LogP contribution in [0.25, 0.3) is 0 Å². The van der Waals surface area contributed by atoms with E-state index >= 15 is 0 Å². The number of anilines is 1. The monoisotopic (exact) mass is 482 g/mol. The minimum atomic E-state index is -4.22. The Kier molecular flexibility index (Phi) is 5.61. The summed E-state index contributed by atoms with van der Waals surface area (Å²) >= 11 is 5.96. The number of halogens is 2. The quantitative estimate of drug-likeness (QED) is 0.584. The van der Waals surface area contributed by atoms with Crippen molar-refractivity contribution in [3.63, 3.8) is 0 Å². The molecule has 1 aliphatic rings. The molecule has 12 heteroatoms. The molecule has 1 aliphatic heterocycles. The molecule has 2 aromatic carbocycles. The maximum absolute atomic E-state index is 14.9. The third-order valence-corrected chi connectivity index (χ3v) is 7.83. The molecule has 0 aliphatic carbocycles. The summed E-state index contributed by atoms with van der Waals surface area (Å²) in [6, 6.07) is 5.65. The van der Waals surface area contributed by atoms with Crippen LogP contribution in [0.2, 0.25) is 5.02 Å². The van der Waals surface area contributed by atoms with Crippen LogP contribution < -0.4 is 10.8 Å². The molecule has 2 N–H and O–H groups in total. The van der Waals surface area contributed by atoms with E-state index < -0.39 is 40.2 Å². The van der Waals surface area contributed by atoms with Crippen molar-refractivity contribution >= 4 is 27.3 Å². The minimum Gasteiger partial charge on any atom is -0.391 e. The lowest BCUT2D eigenvalue weighted by atomic mass is 9.87. The Morgan fingerprint density at radius 2 is 2.00 bits per heavy atom. The van der Waals surface area contributed by atoms with E-state index in [1.165, 1.54) is 24.3 Å². The number of aryl methyl sites for hydroxylation is 1. The molecule has 0 saturated carbocycles. The Morgan fingerprint density at radius 1 is 1.28 bits per heavy atom. The van der Waals surface area contributed by atoms with Crippen molar-refractivity contribution in [2.45, 2.75) is 37.6 Å². The predicted octanol–water partition coefficient (Wildman–Crippen LogP) is 3.47. The van der Waals surface area contributed by atoms with Crippen molar-refractivity contribution in [2.24, 2.45) is 0 Å². The molecular formula is C20H20ClFN4O5S. The SMILES string of the molecule is Cc1ccc(F)c([C@@H](C)[C@@H](c2n[nH]c(=O)o2)N2CN(O)c3cc(Cl)ccc3S2(=O)=O)c1C. The average Bonchev–Trinajstić information content (AvgIpc) is 3.15. The number of hydrogen-bond acceptors (Lipinski definition) is 7. The zero-order valence-corrected chi connectivity index (χ0v) is 18.9. The molecular weight excluding hydrogens is 463 g/mol. The van der Waals surface area contributed by atoms with Crippen molar-refractivity contribution in [3.8, 4) is 0 Å².